The van der Waals surface area contributed by atoms with Crippen LogP contribution in [0.4, 0.5) is 30.5 Å². The lowest BCUT2D eigenvalue weighted by atomic mass is 10.2. The van der Waals surface area contributed by atoms with Crippen molar-refractivity contribution in [2.24, 2.45) is 0 Å². The van der Waals surface area contributed by atoms with Gasteiger partial charge in [-0.3, -0.25) is 14.0 Å². The number of anilines is 3. The standard InChI is InChI=1S/C20H18F3N5O2S/c1-2-9-31(30)16-6-7-24-12-15(16)27-19(29)13-5-8-25-18(10-13)28-17-4-3-14(11-26-17)20(21,22)23/h3-8,10-12H,2,9H2,1H3,(H,27,29)(H,25,26,28). The molecule has 3 rings (SSSR count). The first-order valence-electron chi connectivity index (χ1n) is 9.18. The van der Waals surface area contributed by atoms with E-state index in [1.807, 2.05) is 6.92 Å². The topological polar surface area (TPSA) is 96.9 Å². The van der Waals surface area contributed by atoms with Gasteiger partial charge in [0.1, 0.15) is 11.6 Å². The number of carbonyl (C=O) groups excluding carboxylic acids is 1. The zero-order chi connectivity index (χ0) is 22.4. The molecule has 3 heterocycles. The second kappa shape index (κ2) is 9.65. The number of hydrogen-bond donors (Lipinski definition) is 2. The van der Waals surface area contributed by atoms with Crippen molar-refractivity contribution in [2.45, 2.75) is 24.4 Å². The van der Waals surface area contributed by atoms with Gasteiger partial charge in [0.05, 0.1) is 33.1 Å². The van der Waals surface area contributed by atoms with E-state index in [0.29, 0.717) is 22.5 Å². The maximum Gasteiger partial charge on any atom is 0.417 e. The fourth-order valence-electron chi connectivity index (χ4n) is 2.57. The van der Waals surface area contributed by atoms with Gasteiger partial charge in [-0.1, -0.05) is 6.92 Å². The fraction of sp³-hybridized carbons (Fsp3) is 0.200. The van der Waals surface area contributed by atoms with Gasteiger partial charge < -0.3 is 10.6 Å². The molecule has 0 aromatic carbocycles. The molecule has 162 valence electrons. The van der Waals surface area contributed by atoms with Crippen LogP contribution < -0.4 is 10.6 Å². The van der Waals surface area contributed by atoms with Gasteiger partial charge in [0.15, 0.2) is 0 Å². The Morgan fingerprint density at radius 3 is 2.55 bits per heavy atom. The molecule has 11 heteroatoms. The summed E-state index contributed by atoms with van der Waals surface area (Å²) in [6.45, 7) is 1.91. The highest BCUT2D eigenvalue weighted by atomic mass is 32.2. The molecule has 7 nitrogen and oxygen atoms in total. The summed E-state index contributed by atoms with van der Waals surface area (Å²) >= 11 is 0. The van der Waals surface area contributed by atoms with E-state index >= 15 is 0 Å². The van der Waals surface area contributed by atoms with Crippen molar-refractivity contribution in [3.05, 3.63) is 66.2 Å². The number of amides is 1. The molecule has 0 aliphatic rings. The average Bonchev–Trinajstić information content (AvgIpc) is 2.74. The number of nitrogens with one attached hydrogen (secondary N) is 2. The van der Waals surface area contributed by atoms with Gasteiger partial charge in [-0.2, -0.15) is 13.2 Å². The summed E-state index contributed by atoms with van der Waals surface area (Å²) in [6, 6.07) is 6.55. The van der Waals surface area contributed by atoms with Gasteiger partial charge in [0.25, 0.3) is 5.91 Å². The molecule has 0 aliphatic heterocycles. The fourth-order valence-corrected chi connectivity index (χ4v) is 3.72. The van der Waals surface area contributed by atoms with E-state index in [0.717, 1.165) is 12.5 Å². The van der Waals surface area contributed by atoms with Crippen LogP contribution >= 0.6 is 0 Å². The maximum absolute atomic E-state index is 12.7. The van der Waals surface area contributed by atoms with Crippen LogP contribution in [0.3, 0.4) is 0 Å². The van der Waals surface area contributed by atoms with Gasteiger partial charge in [0.2, 0.25) is 0 Å². The summed E-state index contributed by atoms with van der Waals surface area (Å²) in [5.74, 6) is 0.341. The van der Waals surface area contributed by atoms with Gasteiger partial charge in [-0.05, 0) is 36.8 Å². The summed E-state index contributed by atoms with van der Waals surface area (Å²) < 4.78 is 50.3. The van der Waals surface area contributed by atoms with Crippen LogP contribution in [0.15, 0.2) is 60.0 Å². The SMILES string of the molecule is CCCS(=O)c1ccncc1NC(=O)c1ccnc(Nc2ccc(C(F)(F)F)cn2)c1. The number of halogens is 3. The minimum atomic E-state index is -4.48. The zero-order valence-electron chi connectivity index (χ0n) is 16.3. The first-order valence-corrected chi connectivity index (χ1v) is 10.5. The Morgan fingerprint density at radius 2 is 1.87 bits per heavy atom. The number of alkyl halides is 3. The first-order chi connectivity index (χ1) is 14.8. The lowest BCUT2D eigenvalue weighted by molar-refractivity contribution is -0.137. The second-order valence-corrected chi connectivity index (χ2v) is 7.90. The van der Waals surface area contributed by atoms with Gasteiger partial charge >= 0.3 is 6.18 Å². The van der Waals surface area contributed by atoms with E-state index in [-0.39, 0.29) is 17.2 Å². The summed E-state index contributed by atoms with van der Waals surface area (Å²) in [6.07, 6.45) is 1.25. The molecule has 0 radical (unpaired) electrons. The third kappa shape index (κ3) is 5.85. The number of carbonyl (C=O) groups is 1. The third-order valence-electron chi connectivity index (χ3n) is 4.03. The minimum absolute atomic E-state index is 0.141. The van der Waals surface area contributed by atoms with Crippen molar-refractivity contribution in [3.63, 3.8) is 0 Å². The third-order valence-corrected chi connectivity index (χ3v) is 5.66. The van der Waals surface area contributed by atoms with Crippen LogP contribution in [0.25, 0.3) is 0 Å². The molecule has 1 amide bonds. The number of nitrogens with zero attached hydrogens (tertiary/aromatic N) is 3. The number of aromatic nitrogens is 3. The van der Waals surface area contributed by atoms with Crippen LogP contribution in [-0.4, -0.2) is 30.8 Å². The molecule has 0 spiro atoms. The van der Waals surface area contributed by atoms with Crippen LogP contribution in [-0.2, 0) is 17.0 Å². The van der Waals surface area contributed by atoms with E-state index in [9.17, 15) is 22.2 Å². The lowest BCUT2D eigenvalue weighted by Crippen LogP contribution is -2.15. The Morgan fingerprint density at radius 1 is 1.06 bits per heavy atom. The monoisotopic (exact) mass is 449 g/mol. The van der Waals surface area contributed by atoms with Gasteiger partial charge in [-0.25, -0.2) is 9.97 Å². The van der Waals surface area contributed by atoms with E-state index < -0.39 is 28.4 Å². The molecule has 1 unspecified atom stereocenters. The molecular weight excluding hydrogens is 431 g/mol. The first kappa shape index (κ1) is 22.3. The van der Waals surface area contributed by atoms with Crippen LogP contribution in [0, 0.1) is 0 Å². The molecular formula is C20H18F3N5O2S. The second-order valence-electron chi connectivity index (χ2n) is 6.36. The van der Waals surface area contributed by atoms with E-state index in [1.165, 1.54) is 36.8 Å². The molecule has 0 fully saturated rings. The predicted molar refractivity (Wildman–Crippen MR) is 111 cm³/mol. The van der Waals surface area contributed by atoms with Crippen LogP contribution in [0.2, 0.25) is 0 Å². The Balaban J connectivity index is 1.75. The number of pyridine rings is 3. The molecule has 3 aromatic rings. The summed E-state index contributed by atoms with van der Waals surface area (Å²) in [5.41, 5.74) is -0.289. The maximum atomic E-state index is 12.7. The normalized spacial score (nSPS) is 12.3. The molecule has 0 saturated carbocycles. The summed E-state index contributed by atoms with van der Waals surface area (Å²) in [5, 5.41) is 5.45. The Bertz CT molecular complexity index is 1090. The van der Waals surface area contributed by atoms with Gasteiger partial charge in [0, 0.05) is 29.9 Å². The molecule has 0 bridgehead atoms. The molecule has 0 aliphatic carbocycles. The van der Waals surface area contributed by atoms with Gasteiger partial charge in [-0.15, -0.1) is 0 Å². The van der Waals surface area contributed by atoms with E-state index in [2.05, 4.69) is 25.6 Å². The van der Waals surface area contributed by atoms with E-state index in [1.54, 1.807) is 6.07 Å². The molecule has 0 saturated heterocycles. The lowest BCUT2D eigenvalue weighted by Gasteiger charge is -2.11. The van der Waals surface area contributed by atoms with Crippen molar-refractivity contribution in [3.8, 4) is 0 Å². The molecule has 2 N–H and O–H groups in total. The number of hydrogen-bond acceptors (Lipinski definition) is 6. The largest absolute Gasteiger partial charge is 0.417 e. The minimum Gasteiger partial charge on any atom is -0.325 e. The highest BCUT2D eigenvalue weighted by Crippen LogP contribution is 2.29. The Hall–Kier alpha value is -3.34. The van der Waals surface area contributed by atoms with Crippen LogP contribution in [0.1, 0.15) is 29.3 Å². The molecule has 31 heavy (non-hydrogen) atoms. The zero-order valence-corrected chi connectivity index (χ0v) is 17.1. The smallest absolute Gasteiger partial charge is 0.325 e. The Kier molecular flexibility index (Phi) is 6.95. The van der Waals surface area contributed by atoms with E-state index in [4.69, 9.17) is 0 Å². The predicted octanol–water partition coefficient (Wildman–Crippen LogP) is 4.40. The highest BCUT2D eigenvalue weighted by Gasteiger charge is 2.30. The average molecular weight is 449 g/mol. The van der Waals surface area contributed by atoms with Crippen molar-refractivity contribution < 1.29 is 22.2 Å². The quantitative estimate of drug-likeness (QED) is 0.555. The summed E-state index contributed by atoms with van der Waals surface area (Å²) in [7, 11) is -1.27. The molecule has 1 atom stereocenters. The Labute approximate surface area is 178 Å². The molecule has 3 aromatic heterocycles. The van der Waals surface area contributed by atoms with Crippen molar-refractivity contribution in [1.29, 1.82) is 0 Å². The number of rotatable bonds is 7. The van der Waals surface area contributed by atoms with Crippen LogP contribution in [0.5, 0.6) is 0 Å². The summed E-state index contributed by atoms with van der Waals surface area (Å²) in [4.78, 5) is 24.9. The van der Waals surface area contributed by atoms with Crippen molar-refractivity contribution >= 4 is 34.0 Å². The highest BCUT2D eigenvalue weighted by molar-refractivity contribution is 7.85. The van der Waals surface area contributed by atoms with Crippen molar-refractivity contribution in [2.75, 3.05) is 16.4 Å². The van der Waals surface area contributed by atoms with Crippen molar-refractivity contribution in [1.82, 2.24) is 15.0 Å².